The second-order valence-electron chi connectivity index (χ2n) is 8.21. The maximum absolute atomic E-state index is 13.0. The number of para-hydroxylation sites is 1. The number of carbonyl (C=O) groups is 1. The lowest BCUT2D eigenvalue weighted by Crippen LogP contribution is -2.41. The summed E-state index contributed by atoms with van der Waals surface area (Å²) in [5.41, 5.74) is 0.742. The minimum Gasteiger partial charge on any atom is -0.342 e. The molecule has 1 unspecified atom stereocenters. The SMILES string of the molecule is CCCCn1c(=O)c2ccccc2n2c(SC(C)C(=O)N3CCC(C)CC3)nnc12. The molecule has 1 atom stereocenters. The van der Waals surface area contributed by atoms with Gasteiger partial charge < -0.3 is 4.90 Å². The summed E-state index contributed by atoms with van der Waals surface area (Å²) >= 11 is 1.42. The van der Waals surface area contributed by atoms with E-state index >= 15 is 0 Å². The average Bonchev–Trinajstić information content (AvgIpc) is 3.17. The first-order valence-corrected chi connectivity index (χ1v) is 11.7. The highest BCUT2D eigenvalue weighted by Gasteiger charge is 2.27. The fraction of sp³-hybridized carbons (Fsp3) is 0.545. The van der Waals surface area contributed by atoms with Crippen LogP contribution >= 0.6 is 11.8 Å². The Morgan fingerprint density at radius 3 is 2.70 bits per heavy atom. The van der Waals surface area contributed by atoms with Crippen LogP contribution in [0.5, 0.6) is 0 Å². The minimum absolute atomic E-state index is 0.0398. The van der Waals surface area contributed by atoms with Gasteiger partial charge in [0.15, 0.2) is 5.16 Å². The number of hydrogen-bond donors (Lipinski definition) is 0. The van der Waals surface area contributed by atoms with E-state index in [0.717, 1.165) is 44.3 Å². The number of rotatable bonds is 6. The topological polar surface area (TPSA) is 72.5 Å². The summed E-state index contributed by atoms with van der Waals surface area (Å²) in [4.78, 5) is 28.0. The number of unbranched alkanes of at least 4 members (excludes halogenated alkanes) is 1. The number of thioether (sulfide) groups is 1. The zero-order chi connectivity index (χ0) is 21.3. The summed E-state index contributed by atoms with van der Waals surface area (Å²) in [5, 5.41) is 9.76. The molecule has 0 radical (unpaired) electrons. The van der Waals surface area contributed by atoms with Gasteiger partial charge in [0.25, 0.3) is 5.56 Å². The maximum atomic E-state index is 13.0. The number of likely N-dealkylation sites (tertiary alicyclic amines) is 1. The van der Waals surface area contributed by atoms with Gasteiger partial charge in [-0.15, -0.1) is 10.2 Å². The van der Waals surface area contributed by atoms with E-state index in [0.29, 0.717) is 28.8 Å². The number of aryl methyl sites for hydroxylation is 1. The third-order valence-electron chi connectivity index (χ3n) is 5.94. The van der Waals surface area contributed by atoms with Gasteiger partial charge in [-0.2, -0.15) is 0 Å². The molecule has 0 aliphatic carbocycles. The number of benzene rings is 1. The lowest BCUT2D eigenvalue weighted by molar-refractivity contribution is -0.131. The summed E-state index contributed by atoms with van der Waals surface area (Å²) in [7, 11) is 0. The molecule has 8 heteroatoms. The van der Waals surface area contributed by atoms with Crippen molar-refractivity contribution < 1.29 is 4.79 Å². The van der Waals surface area contributed by atoms with E-state index in [-0.39, 0.29) is 16.7 Å². The maximum Gasteiger partial charge on any atom is 0.262 e. The molecule has 30 heavy (non-hydrogen) atoms. The minimum atomic E-state index is -0.263. The van der Waals surface area contributed by atoms with Crippen LogP contribution in [0.2, 0.25) is 0 Å². The van der Waals surface area contributed by atoms with Crippen molar-refractivity contribution in [2.75, 3.05) is 13.1 Å². The van der Waals surface area contributed by atoms with Crippen molar-refractivity contribution in [3.8, 4) is 0 Å². The Hall–Kier alpha value is -2.35. The van der Waals surface area contributed by atoms with E-state index in [9.17, 15) is 9.59 Å². The number of carbonyl (C=O) groups excluding carboxylic acids is 1. The number of fused-ring (bicyclic) bond motifs is 3. The van der Waals surface area contributed by atoms with Crippen LogP contribution in [0.3, 0.4) is 0 Å². The van der Waals surface area contributed by atoms with Crippen LogP contribution in [-0.2, 0) is 11.3 Å². The van der Waals surface area contributed by atoms with E-state index in [4.69, 9.17) is 0 Å². The van der Waals surface area contributed by atoms with Crippen molar-refractivity contribution >= 4 is 34.3 Å². The molecule has 7 nitrogen and oxygen atoms in total. The molecule has 1 saturated heterocycles. The zero-order valence-corrected chi connectivity index (χ0v) is 18.7. The molecule has 3 aromatic rings. The van der Waals surface area contributed by atoms with E-state index in [2.05, 4.69) is 24.0 Å². The predicted molar refractivity (Wildman–Crippen MR) is 120 cm³/mol. The fourth-order valence-corrected chi connectivity index (χ4v) is 4.96. The molecule has 0 bridgehead atoms. The van der Waals surface area contributed by atoms with Gasteiger partial charge in [-0.05, 0) is 44.2 Å². The highest BCUT2D eigenvalue weighted by Crippen LogP contribution is 2.27. The Balaban J connectivity index is 1.70. The lowest BCUT2D eigenvalue weighted by Gasteiger charge is -2.31. The fourth-order valence-electron chi connectivity index (χ4n) is 4.02. The molecule has 0 spiro atoms. The molecule has 1 aliphatic heterocycles. The number of amides is 1. The third kappa shape index (κ3) is 3.85. The Kier molecular flexibility index (Phi) is 6.13. The Labute approximate surface area is 180 Å². The van der Waals surface area contributed by atoms with Crippen molar-refractivity contribution in [1.82, 2.24) is 24.1 Å². The van der Waals surface area contributed by atoms with Gasteiger partial charge in [-0.3, -0.25) is 18.6 Å². The smallest absolute Gasteiger partial charge is 0.262 e. The molecular weight excluding hydrogens is 398 g/mol. The normalized spacial score (nSPS) is 16.4. The van der Waals surface area contributed by atoms with Crippen molar-refractivity contribution in [2.45, 2.75) is 63.4 Å². The monoisotopic (exact) mass is 427 g/mol. The van der Waals surface area contributed by atoms with E-state index in [1.165, 1.54) is 11.8 Å². The highest BCUT2D eigenvalue weighted by atomic mass is 32.2. The van der Waals surface area contributed by atoms with Gasteiger partial charge in [0, 0.05) is 19.6 Å². The zero-order valence-electron chi connectivity index (χ0n) is 17.9. The molecular formula is C22H29N5O2S. The van der Waals surface area contributed by atoms with Crippen LogP contribution in [0.25, 0.3) is 16.7 Å². The average molecular weight is 428 g/mol. The van der Waals surface area contributed by atoms with E-state index in [1.54, 1.807) is 4.57 Å². The van der Waals surface area contributed by atoms with Gasteiger partial charge in [0.05, 0.1) is 16.2 Å². The first-order chi connectivity index (χ1) is 14.5. The number of nitrogens with zero attached hydrogens (tertiary/aromatic N) is 5. The van der Waals surface area contributed by atoms with Gasteiger partial charge in [0.1, 0.15) is 0 Å². The number of piperidine rings is 1. The molecule has 3 heterocycles. The quantitative estimate of drug-likeness (QED) is 0.562. The molecule has 0 saturated carbocycles. The summed E-state index contributed by atoms with van der Waals surface area (Å²) < 4.78 is 3.64. The largest absolute Gasteiger partial charge is 0.342 e. The van der Waals surface area contributed by atoms with Gasteiger partial charge in [-0.1, -0.05) is 44.2 Å². The molecule has 0 N–H and O–H groups in total. The second kappa shape index (κ2) is 8.79. The number of hydrogen-bond acceptors (Lipinski definition) is 5. The molecule has 1 fully saturated rings. The molecule has 160 valence electrons. The van der Waals surface area contributed by atoms with Crippen LogP contribution in [0.15, 0.2) is 34.2 Å². The van der Waals surface area contributed by atoms with E-state index in [1.807, 2.05) is 40.5 Å². The van der Waals surface area contributed by atoms with Gasteiger partial charge in [0.2, 0.25) is 11.7 Å². The van der Waals surface area contributed by atoms with Crippen molar-refractivity contribution in [3.63, 3.8) is 0 Å². The Morgan fingerprint density at radius 1 is 1.23 bits per heavy atom. The first kappa shape index (κ1) is 20.9. The summed E-state index contributed by atoms with van der Waals surface area (Å²) in [6.07, 6.45) is 4.00. The van der Waals surface area contributed by atoms with Crippen LogP contribution in [0.4, 0.5) is 0 Å². The molecule has 1 amide bonds. The van der Waals surface area contributed by atoms with Gasteiger partial charge in [-0.25, -0.2) is 0 Å². The van der Waals surface area contributed by atoms with Crippen LogP contribution in [0, 0.1) is 5.92 Å². The summed E-state index contributed by atoms with van der Waals surface area (Å²) in [6.45, 7) is 8.53. The molecule has 2 aromatic heterocycles. The number of aromatic nitrogens is 4. The predicted octanol–water partition coefficient (Wildman–Crippen LogP) is 3.58. The van der Waals surface area contributed by atoms with Crippen LogP contribution in [0.1, 0.15) is 46.5 Å². The standard InChI is InChI=1S/C22H29N5O2S/c1-4-5-12-26-20(29)17-8-6-7-9-18(17)27-21(26)23-24-22(27)30-16(3)19(28)25-13-10-15(2)11-14-25/h6-9,15-16H,4-5,10-14H2,1-3H3. The molecule has 1 aliphatic rings. The third-order valence-corrected chi connectivity index (χ3v) is 6.97. The van der Waals surface area contributed by atoms with E-state index < -0.39 is 0 Å². The van der Waals surface area contributed by atoms with Crippen LogP contribution < -0.4 is 5.56 Å². The Bertz CT molecular complexity index is 1110. The Morgan fingerprint density at radius 2 is 1.97 bits per heavy atom. The van der Waals surface area contributed by atoms with Crippen molar-refractivity contribution in [1.29, 1.82) is 0 Å². The van der Waals surface area contributed by atoms with Crippen LogP contribution in [-0.4, -0.2) is 48.3 Å². The molecule has 4 rings (SSSR count). The highest BCUT2D eigenvalue weighted by molar-refractivity contribution is 8.00. The van der Waals surface area contributed by atoms with Crippen molar-refractivity contribution in [2.24, 2.45) is 5.92 Å². The lowest BCUT2D eigenvalue weighted by atomic mass is 9.99. The van der Waals surface area contributed by atoms with Crippen molar-refractivity contribution in [3.05, 3.63) is 34.6 Å². The first-order valence-electron chi connectivity index (χ1n) is 10.8. The molecule has 1 aromatic carbocycles. The summed E-state index contributed by atoms with van der Waals surface area (Å²) in [6, 6.07) is 7.55. The van der Waals surface area contributed by atoms with Gasteiger partial charge >= 0.3 is 0 Å². The summed E-state index contributed by atoms with van der Waals surface area (Å²) in [5.74, 6) is 1.37. The second-order valence-corrected chi connectivity index (χ2v) is 9.52.